The highest BCUT2D eigenvalue weighted by atomic mass is 16.3. The number of hydrogen-bond donors (Lipinski definition) is 1. The SMILES string of the molecule is CC(C)CCC(CCC(C)C)C(C)(O)CCC(C)C. The van der Waals surface area contributed by atoms with Crippen LogP contribution in [-0.2, 0) is 0 Å². The lowest BCUT2D eigenvalue weighted by atomic mass is 9.76. The van der Waals surface area contributed by atoms with Gasteiger partial charge >= 0.3 is 0 Å². The summed E-state index contributed by atoms with van der Waals surface area (Å²) in [5, 5.41) is 10.8. The second-order valence-electron chi connectivity index (χ2n) is 7.93. The average Bonchev–Trinajstić information content (AvgIpc) is 2.25. The Morgan fingerprint density at radius 2 is 1.05 bits per heavy atom. The minimum absolute atomic E-state index is 0.469. The van der Waals surface area contributed by atoms with Crippen LogP contribution in [0.4, 0.5) is 0 Å². The molecule has 0 aliphatic carbocycles. The molecule has 0 spiro atoms. The summed E-state index contributed by atoms with van der Waals surface area (Å²) in [7, 11) is 0. The van der Waals surface area contributed by atoms with Gasteiger partial charge in [0.05, 0.1) is 5.60 Å². The maximum Gasteiger partial charge on any atom is 0.0647 e. The Balaban J connectivity index is 4.48. The van der Waals surface area contributed by atoms with Gasteiger partial charge in [-0.1, -0.05) is 54.4 Å². The molecule has 0 aliphatic heterocycles. The van der Waals surface area contributed by atoms with Crippen molar-refractivity contribution < 1.29 is 5.11 Å². The number of hydrogen-bond acceptors (Lipinski definition) is 1. The van der Waals surface area contributed by atoms with E-state index in [9.17, 15) is 5.11 Å². The van der Waals surface area contributed by atoms with E-state index in [0.29, 0.717) is 11.8 Å². The second kappa shape index (κ2) is 9.00. The molecular weight excluding hydrogens is 232 g/mol. The highest BCUT2D eigenvalue weighted by Crippen LogP contribution is 2.33. The molecule has 0 bridgehead atoms. The molecule has 0 fully saturated rings. The summed E-state index contributed by atoms with van der Waals surface area (Å²) >= 11 is 0. The summed E-state index contributed by atoms with van der Waals surface area (Å²) in [5.74, 6) is 2.63. The van der Waals surface area contributed by atoms with Gasteiger partial charge in [-0.05, 0) is 56.3 Å². The first-order valence-electron chi connectivity index (χ1n) is 8.37. The van der Waals surface area contributed by atoms with Gasteiger partial charge in [-0.2, -0.15) is 0 Å². The maximum absolute atomic E-state index is 10.8. The van der Waals surface area contributed by atoms with E-state index in [1.807, 2.05) is 0 Å². The molecule has 0 saturated carbocycles. The molecule has 0 heterocycles. The van der Waals surface area contributed by atoms with Crippen LogP contribution in [-0.4, -0.2) is 10.7 Å². The van der Waals surface area contributed by atoms with Crippen molar-refractivity contribution in [2.45, 2.75) is 92.6 Å². The fraction of sp³-hybridized carbons (Fsp3) is 1.00. The van der Waals surface area contributed by atoms with Crippen LogP contribution >= 0.6 is 0 Å². The average molecular weight is 271 g/mol. The summed E-state index contributed by atoms with van der Waals surface area (Å²) in [6.07, 6.45) is 6.91. The molecule has 0 saturated heterocycles. The van der Waals surface area contributed by atoms with E-state index in [1.54, 1.807) is 0 Å². The van der Waals surface area contributed by atoms with E-state index in [1.165, 1.54) is 25.7 Å². The fourth-order valence-electron chi connectivity index (χ4n) is 2.62. The van der Waals surface area contributed by atoms with Gasteiger partial charge in [0, 0.05) is 0 Å². The largest absolute Gasteiger partial charge is 0.390 e. The lowest BCUT2D eigenvalue weighted by molar-refractivity contribution is -0.0234. The van der Waals surface area contributed by atoms with Crippen LogP contribution in [0.1, 0.15) is 87.0 Å². The first-order valence-corrected chi connectivity index (χ1v) is 8.37. The third-order valence-corrected chi connectivity index (χ3v) is 4.29. The van der Waals surface area contributed by atoms with Gasteiger partial charge in [0.15, 0.2) is 0 Å². The van der Waals surface area contributed by atoms with Gasteiger partial charge in [-0.15, -0.1) is 0 Å². The van der Waals surface area contributed by atoms with Crippen LogP contribution in [0, 0.1) is 23.7 Å². The zero-order chi connectivity index (χ0) is 15.1. The zero-order valence-electron chi connectivity index (χ0n) is 14.5. The smallest absolute Gasteiger partial charge is 0.0647 e. The van der Waals surface area contributed by atoms with Crippen LogP contribution in [0.5, 0.6) is 0 Å². The molecule has 1 N–H and O–H groups in total. The predicted octanol–water partition coefficient (Wildman–Crippen LogP) is 5.66. The first-order chi connectivity index (χ1) is 8.65. The van der Waals surface area contributed by atoms with Crippen LogP contribution in [0.15, 0.2) is 0 Å². The van der Waals surface area contributed by atoms with Gasteiger partial charge in [0.1, 0.15) is 0 Å². The van der Waals surface area contributed by atoms with Crippen LogP contribution in [0.2, 0.25) is 0 Å². The molecule has 19 heavy (non-hydrogen) atoms. The van der Waals surface area contributed by atoms with Crippen molar-refractivity contribution in [3.05, 3.63) is 0 Å². The van der Waals surface area contributed by atoms with Crippen molar-refractivity contribution in [1.82, 2.24) is 0 Å². The molecule has 116 valence electrons. The fourth-order valence-corrected chi connectivity index (χ4v) is 2.62. The molecule has 0 radical (unpaired) electrons. The Morgan fingerprint density at radius 1 is 0.684 bits per heavy atom. The zero-order valence-corrected chi connectivity index (χ0v) is 14.5. The third-order valence-electron chi connectivity index (χ3n) is 4.29. The van der Waals surface area contributed by atoms with E-state index in [4.69, 9.17) is 0 Å². The first kappa shape index (κ1) is 19.0. The Morgan fingerprint density at radius 3 is 1.37 bits per heavy atom. The van der Waals surface area contributed by atoms with Crippen LogP contribution in [0.3, 0.4) is 0 Å². The highest BCUT2D eigenvalue weighted by molar-refractivity contribution is 4.83. The van der Waals surface area contributed by atoms with Crippen LogP contribution < -0.4 is 0 Å². The van der Waals surface area contributed by atoms with Gasteiger partial charge in [-0.25, -0.2) is 0 Å². The standard InChI is InChI=1S/C18H38O/c1-14(2)8-10-17(11-9-15(3)4)18(7,19)13-12-16(5)6/h14-17,19H,8-13H2,1-7H3. The molecular formula is C18H38O. The summed E-state index contributed by atoms with van der Waals surface area (Å²) in [6.45, 7) is 15.7. The summed E-state index contributed by atoms with van der Waals surface area (Å²) in [4.78, 5) is 0. The number of rotatable bonds is 10. The van der Waals surface area contributed by atoms with Gasteiger partial charge < -0.3 is 5.11 Å². The topological polar surface area (TPSA) is 20.2 Å². The number of aliphatic hydroxyl groups is 1. The van der Waals surface area contributed by atoms with Gasteiger partial charge in [0.2, 0.25) is 0 Å². The molecule has 0 amide bonds. The van der Waals surface area contributed by atoms with Crippen molar-refractivity contribution >= 4 is 0 Å². The maximum atomic E-state index is 10.8. The minimum atomic E-state index is -0.478. The molecule has 0 rings (SSSR count). The Bertz CT molecular complexity index is 204. The molecule has 1 unspecified atom stereocenters. The predicted molar refractivity (Wildman–Crippen MR) is 86.3 cm³/mol. The minimum Gasteiger partial charge on any atom is -0.390 e. The molecule has 1 atom stereocenters. The van der Waals surface area contributed by atoms with Gasteiger partial charge in [-0.3, -0.25) is 0 Å². The van der Waals surface area contributed by atoms with Crippen LogP contribution in [0.25, 0.3) is 0 Å². The summed E-state index contributed by atoms with van der Waals surface area (Å²) < 4.78 is 0. The lowest BCUT2D eigenvalue weighted by Crippen LogP contribution is -2.35. The summed E-state index contributed by atoms with van der Waals surface area (Å²) in [5.41, 5.74) is -0.478. The van der Waals surface area contributed by atoms with Crippen molar-refractivity contribution in [3.8, 4) is 0 Å². The lowest BCUT2D eigenvalue weighted by Gasteiger charge is -2.35. The van der Waals surface area contributed by atoms with E-state index >= 15 is 0 Å². The van der Waals surface area contributed by atoms with Crippen molar-refractivity contribution in [2.24, 2.45) is 23.7 Å². The van der Waals surface area contributed by atoms with Gasteiger partial charge in [0.25, 0.3) is 0 Å². The summed E-state index contributed by atoms with van der Waals surface area (Å²) in [6, 6.07) is 0. The van der Waals surface area contributed by atoms with E-state index in [-0.39, 0.29) is 0 Å². The van der Waals surface area contributed by atoms with Crippen molar-refractivity contribution in [3.63, 3.8) is 0 Å². The Hall–Kier alpha value is -0.0400. The molecule has 1 heteroatoms. The normalized spacial score (nSPS) is 15.8. The molecule has 0 aliphatic rings. The molecule has 1 nitrogen and oxygen atoms in total. The molecule has 0 aromatic rings. The second-order valence-corrected chi connectivity index (χ2v) is 7.93. The monoisotopic (exact) mass is 270 g/mol. The van der Waals surface area contributed by atoms with Crippen molar-refractivity contribution in [1.29, 1.82) is 0 Å². The van der Waals surface area contributed by atoms with E-state index in [2.05, 4.69) is 48.5 Å². The Kier molecular flexibility index (Phi) is 8.98. The van der Waals surface area contributed by atoms with Crippen molar-refractivity contribution in [2.75, 3.05) is 0 Å². The van der Waals surface area contributed by atoms with E-state index < -0.39 is 5.60 Å². The third kappa shape index (κ3) is 9.49. The quantitative estimate of drug-likeness (QED) is 0.543. The molecule has 0 aromatic carbocycles. The Labute approximate surface area is 122 Å². The van der Waals surface area contributed by atoms with E-state index in [0.717, 1.165) is 24.7 Å². The molecule has 0 aromatic heterocycles. The highest BCUT2D eigenvalue weighted by Gasteiger charge is 2.31.